The van der Waals surface area contributed by atoms with Gasteiger partial charge in [-0.2, -0.15) is 0 Å². The average molecular weight is 276 g/mol. The van der Waals surface area contributed by atoms with Crippen molar-refractivity contribution in [2.24, 2.45) is 5.92 Å². The van der Waals surface area contributed by atoms with E-state index in [1.54, 1.807) is 0 Å². The van der Waals surface area contributed by atoms with Gasteiger partial charge in [0.05, 0.1) is 6.54 Å². The Morgan fingerprint density at radius 2 is 2.06 bits per heavy atom. The predicted octanol–water partition coefficient (Wildman–Crippen LogP) is 1.01. The normalized spacial score (nSPS) is 25.1. The molecule has 18 heavy (non-hydrogen) atoms. The highest BCUT2D eigenvalue weighted by Gasteiger charge is 2.21. The molecule has 5 heteroatoms. The molecule has 0 bridgehead atoms. The van der Waals surface area contributed by atoms with Crippen molar-refractivity contribution in [3.63, 3.8) is 0 Å². The molecule has 1 unspecified atom stereocenters. The second-order valence-electron chi connectivity index (χ2n) is 5.46. The monoisotopic (exact) mass is 275 g/mol. The number of likely N-dealkylation sites (N-methyl/N-ethyl adjacent to an activating group) is 1. The summed E-state index contributed by atoms with van der Waals surface area (Å²) in [4.78, 5) is 14.0. The van der Waals surface area contributed by atoms with Gasteiger partial charge in [0.25, 0.3) is 0 Å². The van der Waals surface area contributed by atoms with Crippen LogP contribution in [0.3, 0.4) is 0 Å². The fourth-order valence-corrected chi connectivity index (χ4v) is 2.65. The van der Waals surface area contributed by atoms with E-state index >= 15 is 0 Å². The van der Waals surface area contributed by atoms with Gasteiger partial charge in [0, 0.05) is 19.1 Å². The van der Waals surface area contributed by atoms with Gasteiger partial charge >= 0.3 is 0 Å². The fourth-order valence-electron chi connectivity index (χ4n) is 2.65. The number of carbonyl (C=O) groups excluding carboxylic acids is 1. The van der Waals surface area contributed by atoms with Crippen LogP contribution in [0, 0.1) is 5.92 Å². The summed E-state index contributed by atoms with van der Waals surface area (Å²) >= 11 is 0. The van der Waals surface area contributed by atoms with E-state index in [-0.39, 0.29) is 18.3 Å². The third-order valence-corrected chi connectivity index (χ3v) is 4.09. The van der Waals surface area contributed by atoms with Crippen LogP contribution in [0.15, 0.2) is 0 Å². The van der Waals surface area contributed by atoms with Gasteiger partial charge < -0.3 is 10.6 Å². The summed E-state index contributed by atoms with van der Waals surface area (Å²) in [5, 5.41) is 6.37. The molecule has 0 aromatic heterocycles. The molecule has 1 aliphatic heterocycles. The molecule has 1 saturated heterocycles. The Kier molecular flexibility index (Phi) is 6.97. The molecular weight excluding hydrogens is 250 g/mol. The number of hydrogen-bond donors (Lipinski definition) is 2. The number of rotatable bonds is 5. The molecule has 0 spiro atoms. The molecule has 2 rings (SSSR count). The number of carbonyl (C=O) groups is 1. The van der Waals surface area contributed by atoms with Crippen LogP contribution in [0.25, 0.3) is 0 Å². The van der Waals surface area contributed by atoms with Crippen LogP contribution in [0.2, 0.25) is 0 Å². The van der Waals surface area contributed by atoms with Crippen molar-refractivity contribution in [1.29, 1.82) is 0 Å². The molecule has 2 N–H and O–H groups in total. The zero-order valence-electron chi connectivity index (χ0n) is 11.3. The van der Waals surface area contributed by atoms with Gasteiger partial charge in [0.15, 0.2) is 0 Å². The van der Waals surface area contributed by atoms with E-state index in [1.807, 2.05) is 7.05 Å². The van der Waals surface area contributed by atoms with Crippen molar-refractivity contribution >= 4 is 18.3 Å². The Morgan fingerprint density at radius 1 is 1.28 bits per heavy atom. The van der Waals surface area contributed by atoms with Gasteiger partial charge in [-0.3, -0.25) is 9.69 Å². The van der Waals surface area contributed by atoms with Crippen molar-refractivity contribution < 1.29 is 4.79 Å². The molecule has 2 fully saturated rings. The van der Waals surface area contributed by atoms with Gasteiger partial charge in [-0.15, -0.1) is 12.4 Å². The third kappa shape index (κ3) is 4.75. The minimum Gasteiger partial charge on any atom is -0.355 e. The Morgan fingerprint density at radius 3 is 2.67 bits per heavy atom. The quantitative estimate of drug-likeness (QED) is 0.787. The molecule has 4 nitrogen and oxygen atoms in total. The SMILES string of the molecule is CNC1CCCN(CC(=O)NCC2CCC2)C1.Cl. The molecule has 1 aliphatic carbocycles. The van der Waals surface area contributed by atoms with Crippen molar-refractivity contribution in [2.45, 2.75) is 38.1 Å². The molecule has 2 aliphatic rings. The molecule has 1 heterocycles. The first-order valence-electron chi connectivity index (χ1n) is 6.94. The molecular formula is C13H26ClN3O. The summed E-state index contributed by atoms with van der Waals surface area (Å²) in [5.41, 5.74) is 0. The largest absolute Gasteiger partial charge is 0.355 e. The minimum atomic E-state index is 0. The zero-order chi connectivity index (χ0) is 12.1. The maximum atomic E-state index is 11.8. The molecule has 1 atom stereocenters. The van der Waals surface area contributed by atoms with Crippen LogP contribution >= 0.6 is 12.4 Å². The molecule has 0 aromatic carbocycles. The summed E-state index contributed by atoms with van der Waals surface area (Å²) in [6, 6.07) is 0.559. The summed E-state index contributed by atoms with van der Waals surface area (Å²) in [7, 11) is 2.00. The Bertz CT molecular complexity index is 259. The first-order chi connectivity index (χ1) is 8.28. The van der Waals surface area contributed by atoms with E-state index in [2.05, 4.69) is 15.5 Å². The van der Waals surface area contributed by atoms with Gasteiger partial charge in [0.2, 0.25) is 5.91 Å². The molecule has 0 aromatic rings. The summed E-state index contributed by atoms with van der Waals surface area (Å²) in [6.45, 7) is 3.54. The maximum absolute atomic E-state index is 11.8. The zero-order valence-corrected chi connectivity index (χ0v) is 12.1. The first kappa shape index (κ1) is 15.7. The van der Waals surface area contributed by atoms with Gasteiger partial charge in [-0.25, -0.2) is 0 Å². The van der Waals surface area contributed by atoms with Crippen molar-refractivity contribution in [2.75, 3.05) is 33.2 Å². The second kappa shape index (κ2) is 7.97. The summed E-state index contributed by atoms with van der Waals surface area (Å²) < 4.78 is 0. The standard InChI is InChI=1S/C13H25N3O.ClH/c1-14-12-6-3-7-16(9-12)10-13(17)15-8-11-4-2-5-11;/h11-12,14H,2-10H2,1H3,(H,15,17);1H. The molecule has 0 radical (unpaired) electrons. The van der Waals surface area contributed by atoms with Crippen LogP contribution < -0.4 is 10.6 Å². The van der Waals surface area contributed by atoms with Crippen LogP contribution in [0.4, 0.5) is 0 Å². The van der Waals surface area contributed by atoms with Crippen LogP contribution in [-0.4, -0.2) is 50.1 Å². The fraction of sp³-hybridized carbons (Fsp3) is 0.923. The van der Waals surface area contributed by atoms with E-state index < -0.39 is 0 Å². The van der Waals surface area contributed by atoms with Crippen molar-refractivity contribution in [3.05, 3.63) is 0 Å². The number of nitrogens with one attached hydrogen (secondary N) is 2. The highest BCUT2D eigenvalue weighted by molar-refractivity contribution is 5.85. The number of nitrogens with zero attached hydrogens (tertiary/aromatic N) is 1. The smallest absolute Gasteiger partial charge is 0.234 e. The third-order valence-electron chi connectivity index (χ3n) is 4.09. The van der Waals surface area contributed by atoms with Crippen molar-refractivity contribution in [3.8, 4) is 0 Å². The van der Waals surface area contributed by atoms with Crippen LogP contribution in [-0.2, 0) is 4.79 Å². The lowest BCUT2D eigenvalue weighted by molar-refractivity contribution is -0.122. The van der Waals surface area contributed by atoms with Crippen LogP contribution in [0.5, 0.6) is 0 Å². The van der Waals surface area contributed by atoms with E-state index in [0.29, 0.717) is 12.6 Å². The molecule has 1 amide bonds. The molecule has 1 saturated carbocycles. The molecule has 106 valence electrons. The number of hydrogen-bond acceptors (Lipinski definition) is 3. The minimum absolute atomic E-state index is 0. The highest BCUT2D eigenvalue weighted by Crippen LogP contribution is 2.25. The summed E-state index contributed by atoms with van der Waals surface area (Å²) in [5.74, 6) is 0.957. The predicted molar refractivity (Wildman–Crippen MR) is 76.1 cm³/mol. The lowest BCUT2D eigenvalue weighted by Crippen LogP contribution is -2.48. The Labute approximate surface area is 116 Å². The van der Waals surface area contributed by atoms with E-state index in [0.717, 1.165) is 25.6 Å². The number of piperidine rings is 1. The Hall–Kier alpha value is -0.320. The second-order valence-corrected chi connectivity index (χ2v) is 5.46. The van der Waals surface area contributed by atoms with E-state index in [4.69, 9.17) is 0 Å². The lowest BCUT2D eigenvalue weighted by Gasteiger charge is -2.32. The highest BCUT2D eigenvalue weighted by atomic mass is 35.5. The van der Waals surface area contributed by atoms with Gasteiger partial charge in [-0.05, 0) is 45.2 Å². The summed E-state index contributed by atoms with van der Waals surface area (Å²) in [6.07, 6.45) is 6.37. The van der Waals surface area contributed by atoms with Crippen molar-refractivity contribution in [1.82, 2.24) is 15.5 Å². The van der Waals surface area contributed by atoms with E-state index in [1.165, 1.54) is 32.1 Å². The Balaban J connectivity index is 0.00000162. The number of likely N-dealkylation sites (tertiary alicyclic amines) is 1. The maximum Gasteiger partial charge on any atom is 0.234 e. The van der Waals surface area contributed by atoms with E-state index in [9.17, 15) is 4.79 Å². The van der Waals surface area contributed by atoms with Crippen LogP contribution in [0.1, 0.15) is 32.1 Å². The lowest BCUT2D eigenvalue weighted by atomic mass is 9.85. The first-order valence-corrected chi connectivity index (χ1v) is 6.94. The average Bonchev–Trinajstić information content (AvgIpc) is 2.27. The van der Waals surface area contributed by atoms with Gasteiger partial charge in [0.1, 0.15) is 0 Å². The number of halogens is 1. The number of amides is 1. The van der Waals surface area contributed by atoms with Gasteiger partial charge in [-0.1, -0.05) is 6.42 Å². The topological polar surface area (TPSA) is 44.4 Å².